The molecule has 0 radical (unpaired) electrons. The molecule has 0 amide bonds. The molecule has 1 aromatic carbocycles. The molecule has 0 spiro atoms. The standard InChI is InChI=1S/C8H10O3.C4H8O2/c9-5-6-11-8-3-1-7(10)2-4-8;1-4(2,6)3-5/h1-4,9-10H,5-6H2;3,6H,1-2H3. The van der Waals surface area contributed by atoms with E-state index in [1.807, 2.05) is 0 Å². The zero-order valence-electron chi connectivity index (χ0n) is 9.96. The predicted octanol–water partition coefficient (Wildman–Crippen LogP) is 0.719. The first-order valence-electron chi connectivity index (χ1n) is 5.10. The van der Waals surface area contributed by atoms with Crippen molar-refractivity contribution in [3.8, 4) is 11.5 Å². The van der Waals surface area contributed by atoms with Crippen molar-refractivity contribution in [1.29, 1.82) is 0 Å². The number of aliphatic hydroxyl groups is 2. The van der Waals surface area contributed by atoms with Crippen molar-refractivity contribution in [3.05, 3.63) is 24.3 Å². The van der Waals surface area contributed by atoms with Gasteiger partial charge in [0.2, 0.25) is 0 Å². The topological polar surface area (TPSA) is 87.0 Å². The second kappa shape index (κ2) is 7.65. The van der Waals surface area contributed by atoms with Gasteiger partial charge in [-0.05, 0) is 38.1 Å². The summed E-state index contributed by atoms with van der Waals surface area (Å²) >= 11 is 0. The highest BCUT2D eigenvalue weighted by Gasteiger charge is 2.07. The quantitative estimate of drug-likeness (QED) is 0.677. The van der Waals surface area contributed by atoms with Crippen molar-refractivity contribution in [1.82, 2.24) is 0 Å². The number of hydrogen-bond donors (Lipinski definition) is 3. The molecule has 1 rings (SSSR count). The van der Waals surface area contributed by atoms with Gasteiger partial charge in [0.05, 0.1) is 6.61 Å². The second-order valence-electron chi connectivity index (χ2n) is 3.84. The van der Waals surface area contributed by atoms with Crippen molar-refractivity contribution in [2.75, 3.05) is 13.2 Å². The number of hydrogen-bond acceptors (Lipinski definition) is 5. The highest BCUT2D eigenvalue weighted by molar-refractivity contribution is 5.60. The number of carbonyl (C=O) groups excluding carboxylic acids is 1. The maximum Gasteiger partial charge on any atom is 0.150 e. The molecule has 0 bridgehead atoms. The highest BCUT2D eigenvalue weighted by Crippen LogP contribution is 2.15. The number of phenols is 1. The summed E-state index contributed by atoms with van der Waals surface area (Å²) in [7, 11) is 0. The van der Waals surface area contributed by atoms with Crippen LogP contribution in [0.2, 0.25) is 0 Å². The summed E-state index contributed by atoms with van der Waals surface area (Å²) in [5, 5.41) is 25.7. The molecule has 0 saturated carbocycles. The zero-order valence-corrected chi connectivity index (χ0v) is 9.96. The SMILES string of the molecule is CC(C)(O)C=O.OCCOc1ccc(O)cc1. The van der Waals surface area contributed by atoms with E-state index in [1.54, 1.807) is 12.1 Å². The Bertz CT molecular complexity index is 313. The lowest BCUT2D eigenvalue weighted by atomic mass is 10.2. The van der Waals surface area contributed by atoms with Crippen molar-refractivity contribution in [2.45, 2.75) is 19.4 Å². The van der Waals surface area contributed by atoms with Gasteiger partial charge in [-0.1, -0.05) is 0 Å². The van der Waals surface area contributed by atoms with Crippen LogP contribution in [0.5, 0.6) is 11.5 Å². The molecule has 0 aliphatic heterocycles. The largest absolute Gasteiger partial charge is 0.508 e. The second-order valence-corrected chi connectivity index (χ2v) is 3.84. The molecule has 0 heterocycles. The lowest BCUT2D eigenvalue weighted by Gasteiger charge is -2.02. The van der Waals surface area contributed by atoms with E-state index >= 15 is 0 Å². The third kappa shape index (κ3) is 9.35. The van der Waals surface area contributed by atoms with E-state index in [9.17, 15) is 4.79 Å². The summed E-state index contributed by atoms with van der Waals surface area (Å²) in [5.74, 6) is 0.859. The van der Waals surface area contributed by atoms with Crippen LogP contribution in [-0.2, 0) is 4.79 Å². The number of phenolic OH excluding ortho intramolecular Hbond substituents is 1. The lowest BCUT2D eigenvalue weighted by Crippen LogP contribution is -2.19. The minimum Gasteiger partial charge on any atom is -0.508 e. The normalized spacial score (nSPS) is 10.1. The smallest absolute Gasteiger partial charge is 0.150 e. The van der Waals surface area contributed by atoms with Gasteiger partial charge in [0.15, 0.2) is 6.29 Å². The molecule has 17 heavy (non-hydrogen) atoms. The van der Waals surface area contributed by atoms with Crippen LogP contribution < -0.4 is 4.74 Å². The van der Waals surface area contributed by atoms with E-state index in [1.165, 1.54) is 26.0 Å². The summed E-state index contributed by atoms with van der Waals surface area (Å²) in [6.45, 7) is 3.14. The minimum atomic E-state index is -1.14. The molecule has 5 heteroatoms. The Labute approximate surface area is 100 Å². The molecular formula is C12H18O5. The number of aliphatic hydroxyl groups excluding tert-OH is 1. The molecule has 96 valence electrons. The average Bonchev–Trinajstić information content (AvgIpc) is 2.28. The third-order valence-electron chi connectivity index (χ3n) is 1.49. The molecular weight excluding hydrogens is 224 g/mol. The van der Waals surface area contributed by atoms with Gasteiger partial charge in [0, 0.05) is 0 Å². The molecule has 0 saturated heterocycles. The maximum atomic E-state index is 9.58. The van der Waals surface area contributed by atoms with Gasteiger partial charge in [-0.2, -0.15) is 0 Å². The summed E-state index contributed by atoms with van der Waals surface area (Å²) in [4.78, 5) is 9.58. The molecule has 0 fully saturated rings. The Kier molecular flexibility index (Phi) is 6.93. The molecule has 0 aliphatic carbocycles. The summed E-state index contributed by atoms with van der Waals surface area (Å²) in [6.07, 6.45) is 0.493. The van der Waals surface area contributed by atoms with Crippen LogP contribution in [-0.4, -0.2) is 40.4 Å². The average molecular weight is 242 g/mol. The maximum absolute atomic E-state index is 9.58. The number of ether oxygens (including phenoxy) is 1. The van der Waals surface area contributed by atoms with Crippen LogP contribution in [0.15, 0.2) is 24.3 Å². The fourth-order valence-electron chi connectivity index (χ4n) is 0.706. The highest BCUT2D eigenvalue weighted by atomic mass is 16.5. The molecule has 0 unspecified atom stereocenters. The van der Waals surface area contributed by atoms with Crippen molar-refractivity contribution < 1.29 is 24.9 Å². The van der Waals surface area contributed by atoms with Gasteiger partial charge < -0.3 is 24.9 Å². The Morgan fingerprint density at radius 2 is 1.76 bits per heavy atom. The van der Waals surface area contributed by atoms with Crippen LogP contribution in [0.25, 0.3) is 0 Å². The van der Waals surface area contributed by atoms with Crippen molar-refractivity contribution in [3.63, 3.8) is 0 Å². The van der Waals surface area contributed by atoms with Crippen LogP contribution in [0.1, 0.15) is 13.8 Å². The van der Waals surface area contributed by atoms with E-state index in [-0.39, 0.29) is 19.0 Å². The number of aldehydes is 1. The molecule has 3 N–H and O–H groups in total. The summed E-state index contributed by atoms with van der Waals surface area (Å²) < 4.78 is 5.05. The Hall–Kier alpha value is -1.59. The first-order chi connectivity index (χ1) is 7.89. The van der Waals surface area contributed by atoms with Gasteiger partial charge in [-0.3, -0.25) is 0 Å². The molecule has 0 aliphatic rings. The van der Waals surface area contributed by atoms with E-state index in [0.29, 0.717) is 12.0 Å². The van der Waals surface area contributed by atoms with Crippen LogP contribution in [0.4, 0.5) is 0 Å². The van der Waals surface area contributed by atoms with E-state index in [0.717, 1.165) is 0 Å². The van der Waals surface area contributed by atoms with Crippen molar-refractivity contribution in [2.24, 2.45) is 0 Å². The van der Waals surface area contributed by atoms with Gasteiger partial charge in [0.1, 0.15) is 23.7 Å². The van der Waals surface area contributed by atoms with Gasteiger partial charge in [-0.25, -0.2) is 0 Å². The summed E-state index contributed by atoms with van der Waals surface area (Å²) in [5.41, 5.74) is -1.14. The number of benzene rings is 1. The van der Waals surface area contributed by atoms with Crippen LogP contribution >= 0.6 is 0 Å². The number of rotatable bonds is 4. The third-order valence-corrected chi connectivity index (χ3v) is 1.49. The first kappa shape index (κ1) is 15.4. The molecule has 0 atom stereocenters. The van der Waals surface area contributed by atoms with Gasteiger partial charge in [0.25, 0.3) is 0 Å². The van der Waals surface area contributed by atoms with Crippen molar-refractivity contribution >= 4 is 6.29 Å². The fraction of sp³-hybridized carbons (Fsp3) is 0.417. The van der Waals surface area contributed by atoms with Crippen LogP contribution in [0, 0.1) is 0 Å². The molecule has 5 nitrogen and oxygen atoms in total. The molecule has 1 aromatic rings. The Morgan fingerprint density at radius 1 is 1.29 bits per heavy atom. The molecule has 0 aromatic heterocycles. The predicted molar refractivity (Wildman–Crippen MR) is 63.0 cm³/mol. The Balaban J connectivity index is 0.000000366. The van der Waals surface area contributed by atoms with E-state index < -0.39 is 5.60 Å². The minimum absolute atomic E-state index is 0.000869. The fourth-order valence-corrected chi connectivity index (χ4v) is 0.706. The van der Waals surface area contributed by atoms with Gasteiger partial charge >= 0.3 is 0 Å². The number of aromatic hydroxyl groups is 1. The lowest BCUT2D eigenvalue weighted by molar-refractivity contribution is -0.120. The number of carbonyl (C=O) groups is 1. The van der Waals surface area contributed by atoms with E-state index in [4.69, 9.17) is 20.1 Å². The van der Waals surface area contributed by atoms with Crippen LogP contribution in [0.3, 0.4) is 0 Å². The van der Waals surface area contributed by atoms with E-state index in [2.05, 4.69) is 0 Å². The first-order valence-corrected chi connectivity index (χ1v) is 5.10. The monoisotopic (exact) mass is 242 g/mol. The van der Waals surface area contributed by atoms with Gasteiger partial charge in [-0.15, -0.1) is 0 Å². The Morgan fingerprint density at radius 3 is 2.12 bits per heavy atom. The zero-order chi connectivity index (χ0) is 13.3. The summed E-state index contributed by atoms with van der Waals surface area (Å²) in [6, 6.07) is 6.36.